The first kappa shape index (κ1) is 33.4. The van der Waals surface area contributed by atoms with Gasteiger partial charge in [0.05, 0.1) is 30.0 Å². The summed E-state index contributed by atoms with van der Waals surface area (Å²) in [6.07, 6.45) is 0.828. The summed E-state index contributed by atoms with van der Waals surface area (Å²) in [5, 5.41) is 14.1. The average Bonchev–Trinajstić information content (AvgIpc) is 3.01. The standard InChI is InChI=1S/C30H32N6O9S2/c1-19(2)12-14-36-28-22(9-6-13-31-28)26(37)25(29(36)38)27-32-23-11-10-21(17-24(23)46(40,41)34-27)33-47(42,43)35-30(39)45-16-15-44-18-20-7-4-3-5-8-20/h3-11,13,17,19,33,37H,12,14-16,18H2,1-2H3,(H,32,34)(H,35,39). The van der Waals surface area contributed by atoms with E-state index in [1.54, 1.807) is 16.9 Å². The first-order valence-electron chi connectivity index (χ1n) is 14.4. The van der Waals surface area contributed by atoms with Crippen molar-refractivity contribution >= 4 is 54.6 Å². The van der Waals surface area contributed by atoms with Gasteiger partial charge >= 0.3 is 16.3 Å². The Labute approximate surface area is 270 Å². The van der Waals surface area contributed by atoms with Gasteiger partial charge in [0, 0.05) is 12.7 Å². The van der Waals surface area contributed by atoms with Gasteiger partial charge in [-0.2, -0.15) is 16.8 Å². The summed E-state index contributed by atoms with van der Waals surface area (Å²) in [4.78, 5) is 29.5. The van der Waals surface area contributed by atoms with E-state index in [1.807, 2.05) is 44.2 Å². The Morgan fingerprint density at radius 2 is 1.85 bits per heavy atom. The lowest BCUT2D eigenvalue weighted by molar-refractivity contribution is 0.0668. The van der Waals surface area contributed by atoms with Gasteiger partial charge in [0.2, 0.25) is 0 Å². The molecule has 3 heterocycles. The SMILES string of the molecule is CC(C)CCn1c(=O)c(C2=NS(=O)(=O)c3cc(NS(=O)(=O)NC(=O)OCCOCc4ccccc4)ccc3N2)c(O)c2cccnc21. The van der Waals surface area contributed by atoms with Gasteiger partial charge in [-0.3, -0.25) is 14.1 Å². The van der Waals surface area contributed by atoms with Gasteiger partial charge in [0.1, 0.15) is 28.5 Å². The van der Waals surface area contributed by atoms with E-state index in [1.165, 1.54) is 22.9 Å². The van der Waals surface area contributed by atoms with Crippen molar-refractivity contribution in [2.45, 2.75) is 38.3 Å². The number of nitrogens with zero attached hydrogens (tertiary/aromatic N) is 3. The Morgan fingerprint density at radius 3 is 2.60 bits per heavy atom. The van der Waals surface area contributed by atoms with Crippen molar-refractivity contribution in [3.05, 3.63) is 88.3 Å². The third kappa shape index (κ3) is 7.87. The number of anilines is 2. The molecule has 248 valence electrons. The molecule has 2 aromatic carbocycles. The highest BCUT2D eigenvalue weighted by Gasteiger charge is 2.31. The van der Waals surface area contributed by atoms with Crippen molar-refractivity contribution < 1.29 is 36.2 Å². The van der Waals surface area contributed by atoms with Crippen LogP contribution in [-0.2, 0) is 42.9 Å². The van der Waals surface area contributed by atoms with Crippen LogP contribution in [-0.4, -0.2) is 56.6 Å². The molecular weight excluding hydrogens is 652 g/mol. The number of amidine groups is 1. The Hall–Kier alpha value is -5.00. The first-order chi connectivity index (χ1) is 22.3. The number of carbonyl (C=O) groups excluding carboxylic acids is 1. The molecule has 0 bridgehead atoms. The summed E-state index contributed by atoms with van der Waals surface area (Å²) in [6.45, 7) is 4.32. The molecule has 0 spiro atoms. The summed E-state index contributed by atoms with van der Waals surface area (Å²) in [7, 11) is -9.05. The number of hydrogen-bond acceptors (Lipinski definition) is 11. The fourth-order valence-electron chi connectivity index (χ4n) is 4.68. The number of aromatic hydroxyl groups is 1. The van der Waals surface area contributed by atoms with E-state index < -0.39 is 48.4 Å². The van der Waals surface area contributed by atoms with Gasteiger partial charge in [-0.05, 0) is 48.2 Å². The molecule has 47 heavy (non-hydrogen) atoms. The molecule has 0 radical (unpaired) electrons. The third-order valence-corrected chi connectivity index (χ3v) is 9.18. The highest BCUT2D eigenvalue weighted by molar-refractivity contribution is 7.91. The lowest BCUT2D eigenvalue weighted by Crippen LogP contribution is -2.36. The van der Waals surface area contributed by atoms with Gasteiger partial charge in [0.15, 0.2) is 5.84 Å². The van der Waals surface area contributed by atoms with E-state index in [0.29, 0.717) is 6.42 Å². The van der Waals surface area contributed by atoms with Gasteiger partial charge in [-0.1, -0.05) is 44.2 Å². The Bertz CT molecular complexity index is 2120. The maximum Gasteiger partial charge on any atom is 0.422 e. The second-order valence-electron chi connectivity index (χ2n) is 10.9. The zero-order valence-corrected chi connectivity index (χ0v) is 27.0. The van der Waals surface area contributed by atoms with Crippen molar-refractivity contribution in [1.29, 1.82) is 0 Å². The number of aromatic nitrogens is 2. The van der Waals surface area contributed by atoms with Crippen molar-refractivity contribution in [1.82, 2.24) is 14.3 Å². The van der Waals surface area contributed by atoms with Crippen molar-refractivity contribution in [3.63, 3.8) is 0 Å². The van der Waals surface area contributed by atoms with Crippen LogP contribution in [0, 0.1) is 5.92 Å². The fourth-order valence-corrected chi connectivity index (χ4v) is 6.60. The van der Waals surface area contributed by atoms with Crippen molar-refractivity contribution in [3.8, 4) is 5.75 Å². The van der Waals surface area contributed by atoms with Gasteiger partial charge < -0.3 is 19.9 Å². The van der Waals surface area contributed by atoms with E-state index in [4.69, 9.17) is 9.47 Å². The Morgan fingerprint density at radius 1 is 1.09 bits per heavy atom. The molecule has 0 saturated heterocycles. The molecule has 0 saturated carbocycles. The molecule has 5 rings (SSSR count). The molecule has 0 atom stereocenters. The number of pyridine rings is 2. The van der Waals surface area contributed by atoms with Gasteiger partial charge in [-0.15, -0.1) is 4.40 Å². The number of nitrogens with one attached hydrogen (secondary N) is 3. The maximum absolute atomic E-state index is 13.6. The van der Waals surface area contributed by atoms with Crippen LogP contribution in [0.1, 0.15) is 31.4 Å². The summed E-state index contributed by atoms with van der Waals surface area (Å²) in [6, 6.07) is 15.9. The second-order valence-corrected chi connectivity index (χ2v) is 13.9. The first-order valence-corrected chi connectivity index (χ1v) is 17.3. The lowest BCUT2D eigenvalue weighted by Gasteiger charge is -2.21. The molecule has 0 fully saturated rings. The van der Waals surface area contributed by atoms with Crippen LogP contribution in [0.2, 0.25) is 0 Å². The summed E-state index contributed by atoms with van der Waals surface area (Å²) >= 11 is 0. The minimum Gasteiger partial charge on any atom is -0.506 e. The van der Waals surface area contributed by atoms with Crippen molar-refractivity contribution in [2.75, 3.05) is 23.3 Å². The highest BCUT2D eigenvalue weighted by atomic mass is 32.2. The number of ether oxygens (including phenoxy) is 2. The molecule has 4 aromatic rings. The molecule has 17 heteroatoms. The van der Waals surface area contributed by atoms with Crippen molar-refractivity contribution in [2.24, 2.45) is 10.3 Å². The molecule has 1 aliphatic rings. The number of benzene rings is 2. The van der Waals surface area contributed by atoms with Crippen LogP contribution in [0.15, 0.2) is 80.9 Å². The monoisotopic (exact) mass is 684 g/mol. The number of amides is 1. The third-order valence-electron chi connectivity index (χ3n) is 6.93. The fraction of sp³-hybridized carbons (Fsp3) is 0.267. The van der Waals surface area contributed by atoms with E-state index in [2.05, 4.69) is 19.4 Å². The van der Waals surface area contributed by atoms with Gasteiger partial charge in [-0.25, -0.2) is 14.5 Å². The Balaban J connectivity index is 1.30. The minimum absolute atomic E-state index is 0.0215. The van der Waals surface area contributed by atoms with Crippen LogP contribution in [0.4, 0.5) is 16.2 Å². The highest BCUT2D eigenvalue weighted by Crippen LogP contribution is 2.33. The zero-order valence-electron chi connectivity index (χ0n) is 25.3. The number of hydrogen-bond donors (Lipinski definition) is 4. The molecule has 1 aliphatic heterocycles. The summed E-state index contributed by atoms with van der Waals surface area (Å²) < 4.78 is 70.7. The van der Waals surface area contributed by atoms with E-state index >= 15 is 0 Å². The van der Waals surface area contributed by atoms with Crippen LogP contribution < -0.4 is 20.3 Å². The number of aryl methyl sites for hydroxylation is 1. The predicted octanol–water partition coefficient (Wildman–Crippen LogP) is 3.31. The largest absolute Gasteiger partial charge is 0.506 e. The molecular formula is C30H32N6O9S2. The molecule has 2 aromatic heterocycles. The van der Waals surface area contributed by atoms with Crippen LogP contribution >= 0.6 is 0 Å². The molecule has 0 aliphatic carbocycles. The molecule has 15 nitrogen and oxygen atoms in total. The molecule has 1 amide bonds. The van der Waals surface area contributed by atoms with Crippen LogP contribution in [0.5, 0.6) is 5.75 Å². The quantitative estimate of drug-likeness (QED) is 0.159. The summed E-state index contributed by atoms with van der Waals surface area (Å²) in [5.41, 5.74) is -0.136. The lowest BCUT2D eigenvalue weighted by atomic mass is 10.1. The van der Waals surface area contributed by atoms with Crippen LogP contribution in [0.3, 0.4) is 0 Å². The predicted molar refractivity (Wildman–Crippen MR) is 174 cm³/mol. The number of rotatable bonds is 12. The molecule has 4 N–H and O–H groups in total. The second kappa shape index (κ2) is 13.8. The average molecular weight is 685 g/mol. The van der Waals surface area contributed by atoms with E-state index in [-0.39, 0.29) is 60.3 Å². The number of carbonyl (C=O) groups is 1. The normalized spacial score (nSPS) is 13.8. The number of sulfonamides is 1. The smallest absolute Gasteiger partial charge is 0.422 e. The molecule has 0 unspecified atom stereocenters. The van der Waals surface area contributed by atoms with E-state index in [0.717, 1.165) is 11.6 Å². The number of fused-ring (bicyclic) bond motifs is 2. The van der Waals surface area contributed by atoms with Crippen LogP contribution in [0.25, 0.3) is 11.0 Å². The maximum atomic E-state index is 13.6. The van der Waals surface area contributed by atoms with E-state index in [9.17, 15) is 31.5 Å². The minimum atomic E-state index is -4.54. The van der Waals surface area contributed by atoms with Gasteiger partial charge in [0.25, 0.3) is 15.6 Å². The topological polar surface area (TPSA) is 207 Å². The Kier molecular flexibility index (Phi) is 9.78. The summed E-state index contributed by atoms with van der Waals surface area (Å²) in [5.74, 6) is -0.656. The zero-order chi connectivity index (χ0) is 33.8.